The Labute approximate surface area is 93.7 Å². The van der Waals surface area contributed by atoms with Crippen molar-refractivity contribution >= 4 is 5.91 Å². The predicted molar refractivity (Wildman–Crippen MR) is 61.0 cm³/mol. The number of benzene rings is 1. The highest BCUT2D eigenvalue weighted by molar-refractivity contribution is 5.90. The van der Waals surface area contributed by atoms with Crippen molar-refractivity contribution in [1.29, 1.82) is 0 Å². The second kappa shape index (κ2) is 4.18. The zero-order valence-electron chi connectivity index (χ0n) is 9.05. The first-order valence-corrected chi connectivity index (χ1v) is 5.02. The van der Waals surface area contributed by atoms with E-state index in [0.717, 1.165) is 0 Å². The van der Waals surface area contributed by atoms with Gasteiger partial charge in [-0.2, -0.15) is 0 Å². The zero-order valence-corrected chi connectivity index (χ0v) is 9.05. The number of rotatable bonds is 3. The van der Waals surface area contributed by atoms with E-state index in [1.165, 1.54) is 11.1 Å². The van der Waals surface area contributed by atoms with E-state index in [0.29, 0.717) is 12.2 Å². The first kappa shape index (κ1) is 10.4. The van der Waals surface area contributed by atoms with Crippen LogP contribution < -0.4 is 5.73 Å². The third-order valence-electron chi connectivity index (χ3n) is 2.37. The number of hydrogen-bond donors (Lipinski definition) is 1. The summed E-state index contributed by atoms with van der Waals surface area (Å²) < 4.78 is 1.84. The number of aromatic nitrogens is 2. The van der Waals surface area contributed by atoms with Crippen LogP contribution in [0.4, 0.5) is 0 Å². The smallest absolute Gasteiger partial charge is 0.268 e. The summed E-state index contributed by atoms with van der Waals surface area (Å²) in [5.41, 5.74) is 7.82. The van der Waals surface area contributed by atoms with Crippen LogP contribution in [-0.2, 0) is 6.54 Å². The second-order valence-electron chi connectivity index (χ2n) is 3.78. The van der Waals surface area contributed by atoms with Gasteiger partial charge in [0.25, 0.3) is 5.91 Å². The molecule has 0 spiro atoms. The standard InChI is InChI=1S/C12H13N3O/c1-9-2-4-10(5-3-9)6-15-7-11(12(13)16)14-8-15/h2-5,7-8H,6H2,1H3,(H2,13,16). The monoisotopic (exact) mass is 215 g/mol. The van der Waals surface area contributed by atoms with Crippen molar-refractivity contribution in [2.75, 3.05) is 0 Å². The number of aryl methyl sites for hydroxylation is 1. The van der Waals surface area contributed by atoms with Gasteiger partial charge in [0.05, 0.1) is 6.33 Å². The molecule has 0 aliphatic carbocycles. The Morgan fingerprint density at radius 2 is 2.06 bits per heavy atom. The molecule has 0 unspecified atom stereocenters. The van der Waals surface area contributed by atoms with E-state index >= 15 is 0 Å². The highest BCUT2D eigenvalue weighted by atomic mass is 16.1. The van der Waals surface area contributed by atoms with E-state index in [-0.39, 0.29) is 0 Å². The van der Waals surface area contributed by atoms with Gasteiger partial charge in [-0.25, -0.2) is 4.98 Å². The van der Waals surface area contributed by atoms with Crippen LogP contribution in [0.25, 0.3) is 0 Å². The maximum absolute atomic E-state index is 10.9. The number of nitrogens with two attached hydrogens (primary N) is 1. The number of carbonyl (C=O) groups excluding carboxylic acids is 1. The molecule has 1 heterocycles. The van der Waals surface area contributed by atoms with Crippen LogP contribution >= 0.6 is 0 Å². The number of primary amides is 1. The largest absolute Gasteiger partial charge is 0.364 e. The first-order valence-electron chi connectivity index (χ1n) is 5.02. The summed E-state index contributed by atoms with van der Waals surface area (Å²) in [7, 11) is 0. The van der Waals surface area contributed by atoms with Gasteiger partial charge in [-0.3, -0.25) is 4.79 Å². The van der Waals surface area contributed by atoms with Crippen molar-refractivity contribution in [2.24, 2.45) is 5.73 Å². The van der Waals surface area contributed by atoms with Gasteiger partial charge in [-0.05, 0) is 12.5 Å². The highest BCUT2D eigenvalue weighted by Crippen LogP contribution is 2.06. The molecule has 16 heavy (non-hydrogen) atoms. The Morgan fingerprint density at radius 3 is 2.62 bits per heavy atom. The Morgan fingerprint density at radius 1 is 1.38 bits per heavy atom. The van der Waals surface area contributed by atoms with Gasteiger partial charge in [0.1, 0.15) is 5.69 Å². The molecule has 0 atom stereocenters. The minimum Gasteiger partial charge on any atom is -0.364 e. The summed E-state index contributed by atoms with van der Waals surface area (Å²) in [5, 5.41) is 0. The van der Waals surface area contributed by atoms with Crippen LogP contribution in [0.1, 0.15) is 21.6 Å². The molecule has 0 radical (unpaired) electrons. The molecule has 0 fully saturated rings. The average Bonchev–Trinajstić information content (AvgIpc) is 2.70. The predicted octanol–water partition coefficient (Wildman–Crippen LogP) is 1.34. The molecule has 0 saturated carbocycles. The van der Waals surface area contributed by atoms with Crippen molar-refractivity contribution in [3.8, 4) is 0 Å². The van der Waals surface area contributed by atoms with Crippen LogP contribution in [0.15, 0.2) is 36.8 Å². The molecule has 0 saturated heterocycles. The molecule has 4 heteroatoms. The van der Waals surface area contributed by atoms with Crippen molar-refractivity contribution in [3.63, 3.8) is 0 Å². The van der Waals surface area contributed by atoms with Crippen molar-refractivity contribution in [3.05, 3.63) is 53.6 Å². The lowest BCUT2D eigenvalue weighted by Crippen LogP contribution is -2.11. The Hall–Kier alpha value is -2.10. The molecule has 1 aromatic heterocycles. The molecule has 0 bridgehead atoms. The lowest BCUT2D eigenvalue weighted by molar-refractivity contribution is 0.0996. The topological polar surface area (TPSA) is 60.9 Å². The van der Waals surface area contributed by atoms with Crippen LogP contribution in [-0.4, -0.2) is 15.5 Å². The van der Waals surface area contributed by atoms with Gasteiger partial charge in [0.2, 0.25) is 0 Å². The summed E-state index contributed by atoms with van der Waals surface area (Å²) in [5.74, 6) is -0.498. The number of hydrogen-bond acceptors (Lipinski definition) is 2. The van der Waals surface area contributed by atoms with Gasteiger partial charge in [0.15, 0.2) is 0 Å². The summed E-state index contributed by atoms with van der Waals surface area (Å²) >= 11 is 0. The van der Waals surface area contributed by atoms with Crippen LogP contribution in [0.2, 0.25) is 0 Å². The van der Waals surface area contributed by atoms with E-state index in [4.69, 9.17) is 5.73 Å². The SMILES string of the molecule is Cc1ccc(Cn2cnc(C(N)=O)c2)cc1. The second-order valence-corrected chi connectivity index (χ2v) is 3.78. The molecule has 82 valence electrons. The Kier molecular flexibility index (Phi) is 2.72. The molecule has 2 aromatic rings. The normalized spacial score (nSPS) is 10.3. The van der Waals surface area contributed by atoms with Crippen molar-refractivity contribution in [1.82, 2.24) is 9.55 Å². The summed E-state index contributed by atoms with van der Waals surface area (Å²) in [4.78, 5) is 14.8. The Balaban J connectivity index is 2.14. The molecule has 1 amide bonds. The third-order valence-corrected chi connectivity index (χ3v) is 2.37. The lowest BCUT2D eigenvalue weighted by Gasteiger charge is -2.02. The Bertz CT molecular complexity index is 499. The van der Waals surface area contributed by atoms with Gasteiger partial charge in [0, 0.05) is 12.7 Å². The molecule has 0 aliphatic heterocycles. The number of amides is 1. The third kappa shape index (κ3) is 2.28. The first-order chi connectivity index (χ1) is 7.65. The molecule has 4 nitrogen and oxygen atoms in total. The van der Waals surface area contributed by atoms with Crippen LogP contribution in [0.5, 0.6) is 0 Å². The molecule has 2 rings (SSSR count). The zero-order chi connectivity index (χ0) is 11.5. The van der Waals surface area contributed by atoms with E-state index in [1.807, 2.05) is 11.5 Å². The van der Waals surface area contributed by atoms with Crippen LogP contribution in [0, 0.1) is 6.92 Å². The number of imidazole rings is 1. The summed E-state index contributed by atoms with van der Waals surface area (Å²) in [6, 6.07) is 8.22. The van der Waals surface area contributed by atoms with Gasteiger partial charge < -0.3 is 10.3 Å². The maximum Gasteiger partial charge on any atom is 0.268 e. The fourth-order valence-electron chi connectivity index (χ4n) is 1.48. The molecule has 1 aromatic carbocycles. The van der Waals surface area contributed by atoms with Crippen LogP contribution in [0.3, 0.4) is 0 Å². The number of carbonyl (C=O) groups is 1. The average molecular weight is 215 g/mol. The molecular weight excluding hydrogens is 202 g/mol. The quantitative estimate of drug-likeness (QED) is 0.839. The van der Waals surface area contributed by atoms with Gasteiger partial charge in [-0.1, -0.05) is 29.8 Å². The lowest BCUT2D eigenvalue weighted by atomic mass is 10.1. The fourth-order valence-corrected chi connectivity index (χ4v) is 1.48. The van der Waals surface area contributed by atoms with Gasteiger partial charge >= 0.3 is 0 Å². The number of nitrogens with zero attached hydrogens (tertiary/aromatic N) is 2. The van der Waals surface area contributed by atoms with Crippen molar-refractivity contribution in [2.45, 2.75) is 13.5 Å². The minimum atomic E-state index is -0.498. The summed E-state index contributed by atoms with van der Waals surface area (Å²) in [6.07, 6.45) is 3.27. The minimum absolute atomic E-state index is 0.298. The van der Waals surface area contributed by atoms with E-state index < -0.39 is 5.91 Å². The highest BCUT2D eigenvalue weighted by Gasteiger charge is 2.04. The van der Waals surface area contributed by atoms with Gasteiger partial charge in [-0.15, -0.1) is 0 Å². The van der Waals surface area contributed by atoms with Crippen molar-refractivity contribution < 1.29 is 4.79 Å². The van der Waals surface area contributed by atoms with E-state index in [1.54, 1.807) is 12.5 Å². The molecular formula is C12H13N3O. The summed E-state index contributed by atoms with van der Waals surface area (Å²) in [6.45, 7) is 2.74. The van der Waals surface area contributed by atoms with E-state index in [9.17, 15) is 4.79 Å². The van der Waals surface area contributed by atoms with E-state index in [2.05, 4.69) is 29.2 Å². The molecule has 0 aliphatic rings. The fraction of sp³-hybridized carbons (Fsp3) is 0.167. The molecule has 2 N–H and O–H groups in total. The maximum atomic E-state index is 10.9.